The number of hydrogen-bond donors (Lipinski definition) is 1. The Balaban J connectivity index is 2.09. The maximum Gasteiger partial charge on any atom is 0.133 e. The van der Waals surface area contributed by atoms with Crippen molar-refractivity contribution in [3.63, 3.8) is 0 Å². The monoisotopic (exact) mass is 257 g/mol. The van der Waals surface area contributed by atoms with Crippen molar-refractivity contribution < 1.29 is 5.11 Å². The zero-order chi connectivity index (χ0) is 9.97. The Morgan fingerprint density at radius 1 is 1.57 bits per heavy atom. The highest BCUT2D eigenvalue weighted by atomic mass is 79.9. The van der Waals surface area contributed by atoms with Gasteiger partial charge >= 0.3 is 0 Å². The van der Waals surface area contributed by atoms with Crippen LogP contribution in [0.3, 0.4) is 0 Å². The smallest absolute Gasteiger partial charge is 0.133 e. The van der Waals surface area contributed by atoms with E-state index in [9.17, 15) is 0 Å². The molecular weight excluding hydrogens is 246 g/mol. The Bertz CT molecular complexity index is 321. The van der Waals surface area contributed by atoms with Crippen molar-refractivity contribution in [2.45, 2.75) is 6.42 Å². The minimum atomic E-state index is 0.267. The number of nitrogens with zero attached hydrogens (tertiary/aromatic N) is 3. The van der Waals surface area contributed by atoms with Gasteiger partial charge in [0, 0.05) is 31.7 Å². The topological polar surface area (TPSA) is 49.2 Å². The second-order valence-corrected chi connectivity index (χ2v) is 4.29. The lowest BCUT2D eigenvalue weighted by atomic mass is 10.1. The molecule has 2 rings (SSSR count). The average Bonchev–Trinajstić information content (AvgIpc) is 2.66. The molecule has 0 aromatic carbocycles. The van der Waals surface area contributed by atoms with Crippen LogP contribution in [0.2, 0.25) is 0 Å². The minimum absolute atomic E-state index is 0.267. The normalized spacial score (nSPS) is 21.6. The number of aliphatic hydroxyl groups excluding tert-OH is 1. The first-order valence-corrected chi connectivity index (χ1v) is 5.42. The maximum absolute atomic E-state index is 9.02. The van der Waals surface area contributed by atoms with Gasteiger partial charge < -0.3 is 10.0 Å². The van der Waals surface area contributed by atoms with Gasteiger partial charge in [0.2, 0.25) is 0 Å². The first kappa shape index (κ1) is 9.86. The predicted octanol–water partition coefficient (Wildman–Crippen LogP) is 1.06. The van der Waals surface area contributed by atoms with Crippen LogP contribution in [0.15, 0.2) is 17.0 Å². The largest absolute Gasteiger partial charge is 0.396 e. The van der Waals surface area contributed by atoms with Gasteiger partial charge in [0.15, 0.2) is 0 Å². The van der Waals surface area contributed by atoms with Crippen LogP contribution in [0.1, 0.15) is 6.42 Å². The standard InChI is InChI=1S/C9H12BrN3O/c10-8-3-9(12-6-11-8)13-2-1-7(4-13)5-14/h3,6-7,14H,1-2,4-5H2. The van der Waals surface area contributed by atoms with Crippen molar-refractivity contribution >= 4 is 21.7 Å². The number of hydrogen-bond acceptors (Lipinski definition) is 4. The molecule has 1 aliphatic rings. The van der Waals surface area contributed by atoms with E-state index in [2.05, 4.69) is 30.8 Å². The van der Waals surface area contributed by atoms with E-state index < -0.39 is 0 Å². The molecule has 14 heavy (non-hydrogen) atoms. The lowest BCUT2D eigenvalue weighted by Gasteiger charge is -2.16. The van der Waals surface area contributed by atoms with Gasteiger partial charge in [-0.15, -0.1) is 0 Å². The van der Waals surface area contributed by atoms with Gasteiger partial charge in [0.1, 0.15) is 16.7 Å². The Kier molecular flexibility index (Phi) is 2.98. The zero-order valence-electron chi connectivity index (χ0n) is 7.73. The molecule has 0 bridgehead atoms. The molecule has 1 unspecified atom stereocenters. The van der Waals surface area contributed by atoms with Crippen molar-refractivity contribution in [3.8, 4) is 0 Å². The van der Waals surface area contributed by atoms with Crippen molar-refractivity contribution in [2.75, 3.05) is 24.6 Å². The van der Waals surface area contributed by atoms with Gasteiger partial charge in [-0.1, -0.05) is 0 Å². The van der Waals surface area contributed by atoms with Gasteiger partial charge in [-0.2, -0.15) is 0 Å². The number of aromatic nitrogens is 2. The molecule has 1 saturated heterocycles. The van der Waals surface area contributed by atoms with Gasteiger partial charge in [0.05, 0.1) is 0 Å². The van der Waals surface area contributed by atoms with E-state index in [0.29, 0.717) is 5.92 Å². The number of rotatable bonds is 2. The summed E-state index contributed by atoms with van der Waals surface area (Å²) in [5.41, 5.74) is 0. The second-order valence-electron chi connectivity index (χ2n) is 3.48. The van der Waals surface area contributed by atoms with E-state index in [4.69, 9.17) is 5.11 Å². The van der Waals surface area contributed by atoms with Gasteiger partial charge in [-0.3, -0.25) is 0 Å². The third-order valence-corrected chi connectivity index (χ3v) is 2.92. The molecule has 1 atom stereocenters. The minimum Gasteiger partial charge on any atom is -0.396 e. The summed E-state index contributed by atoms with van der Waals surface area (Å²) in [5.74, 6) is 1.33. The van der Waals surface area contributed by atoms with E-state index in [-0.39, 0.29) is 6.61 Å². The second kappa shape index (κ2) is 4.23. The molecule has 76 valence electrons. The molecule has 0 amide bonds. The van der Waals surface area contributed by atoms with Gasteiger partial charge in [-0.05, 0) is 22.4 Å². The summed E-state index contributed by atoms with van der Waals surface area (Å²) in [6.07, 6.45) is 2.59. The lowest BCUT2D eigenvalue weighted by Crippen LogP contribution is -2.21. The lowest BCUT2D eigenvalue weighted by molar-refractivity contribution is 0.238. The molecule has 1 N–H and O–H groups in total. The fourth-order valence-electron chi connectivity index (χ4n) is 1.69. The highest BCUT2D eigenvalue weighted by Crippen LogP contribution is 2.22. The van der Waals surface area contributed by atoms with E-state index in [1.165, 1.54) is 0 Å². The number of aliphatic hydroxyl groups is 1. The number of anilines is 1. The van der Waals surface area contributed by atoms with Crippen molar-refractivity contribution in [3.05, 3.63) is 17.0 Å². The SMILES string of the molecule is OCC1CCN(c2cc(Br)ncn2)C1. The summed E-state index contributed by atoms with van der Waals surface area (Å²) in [7, 11) is 0. The van der Waals surface area contributed by atoms with Crippen LogP contribution in [0.25, 0.3) is 0 Å². The summed E-state index contributed by atoms with van der Waals surface area (Å²) >= 11 is 3.31. The molecule has 1 aromatic heterocycles. The first-order valence-electron chi connectivity index (χ1n) is 4.63. The van der Waals surface area contributed by atoms with Crippen LogP contribution in [0, 0.1) is 5.92 Å². The zero-order valence-corrected chi connectivity index (χ0v) is 9.31. The molecule has 5 heteroatoms. The summed E-state index contributed by atoms with van der Waals surface area (Å²) in [6, 6.07) is 1.90. The Morgan fingerprint density at radius 2 is 2.43 bits per heavy atom. The molecule has 0 spiro atoms. The highest BCUT2D eigenvalue weighted by Gasteiger charge is 2.22. The molecule has 1 aliphatic heterocycles. The van der Waals surface area contributed by atoms with Crippen molar-refractivity contribution in [1.82, 2.24) is 9.97 Å². The fraction of sp³-hybridized carbons (Fsp3) is 0.556. The van der Waals surface area contributed by atoms with Crippen molar-refractivity contribution in [2.24, 2.45) is 5.92 Å². The van der Waals surface area contributed by atoms with Crippen LogP contribution >= 0.6 is 15.9 Å². The van der Waals surface area contributed by atoms with Gasteiger partial charge in [-0.25, -0.2) is 9.97 Å². The molecule has 4 nitrogen and oxygen atoms in total. The Morgan fingerprint density at radius 3 is 3.07 bits per heavy atom. The molecular formula is C9H12BrN3O. The van der Waals surface area contributed by atoms with Crippen LogP contribution in [-0.2, 0) is 0 Å². The molecule has 0 radical (unpaired) electrons. The van der Waals surface area contributed by atoms with Crippen LogP contribution in [-0.4, -0.2) is 34.8 Å². The molecule has 0 aliphatic carbocycles. The summed E-state index contributed by atoms with van der Waals surface area (Å²) in [4.78, 5) is 10.3. The molecule has 1 fully saturated rings. The average molecular weight is 258 g/mol. The van der Waals surface area contributed by atoms with Crippen LogP contribution in [0.4, 0.5) is 5.82 Å². The number of halogens is 1. The Labute approximate surface area is 91.1 Å². The summed E-state index contributed by atoms with van der Waals surface area (Å²) in [6.45, 7) is 2.12. The fourth-order valence-corrected chi connectivity index (χ4v) is 1.98. The van der Waals surface area contributed by atoms with Gasteiger partial charge in [0.25, 0.3) is 0 Å². The van der Waals surface area contributed by atoms with Crippen LogP contribution < -0.4 is 4.90 Å². The quantitative estimate of drug-likeness (QED) is 0.806. The van der Waals surface area contributed by atoms with E-state index in [1.807, 2.05) is 6.07 Å². The van der Waals surface area contributed by atoms with E-state index in [0.717, 1.165) is 29.9 Å². The summed E-state index contributed by atoms with van der Waals surface area (Å²) < 4.78 is 0.801. The van der Waals surface area contributed by atoms with Crippen molar-refractivity contribution in [1.29, 1.82) is 0 Å². The maximum atomic E-state index is 9.02. The van der Waals surface area contributed by atoms with E-state index >= 15 is 0 Å². The van der Waals surface area contributed by atoms with Crippen LogP contribution in [0.5, 0.6) is 0 Å². The Hall–Kier alpha value is -0.680. The summed E-state index contributed by atoms with van der Waals surface area (Å²) in [5, 5.41) is 9.02. The molecule has 0 saturated carbocycles. The van der Waals surface area contributed by atoms with E-state index in [1.54, 1.807) is 6.33 Å². The molecule has 1 aromatic rings. The third-order valence-electron chi connectivity index (χ3n) is 2.49. The predicted molar refractivity (Wildman–Crippen MR) is 57.1 cm³/mol. The first-order chi connectivity index (χ1) is 6.79. The highest BCUT2D eigenvalue weighted by molar-refractivity contribution is 9.10. The third kappa shape index (κ3) is 2.04. The molecule has 2 heterocycles.